The maximum Gasteiger partial charge on any atom is 0.289 e. The smallest absolute Gasteiger partial charge is 0.289 e. The fourth-order valence-corrected chi connectivity index (χ4v) is 3.92. The van der Waals surface area contributed by atoms with Crippen LogP contribution in [0.5, 0.6) is 0 Å². The van der Waals surface area contributed by atoms with Crippen LogP contribution in [0.1, 0.15) is 35.4 Å². The zero-order chi connectivity index (χ0) is 18.2. The molecule has 27 heavy (non-hydrogen) atoms. The molecule has 0 saturated carbocycles. The van der Waals surface area contributed by atoms with Gasteiger partial charge in [-0.15, -0.1) is 24.2 Å². The Balaban J connectivity index is 0.00000261. The summed E-state index contributed by atoms with van der Waals surface area (Å²) < 4.78 is 11.3. The molecule has 1 aromatic heterocycles. The largest absolute Gasteiger partial charge is 0.459 e. The van der Waals surface area contributed by atoms with Gasteiger partial charge in [0.1, 0.15) is 0 Å². The number of carbonyl (C=O) groups excluding carboxylic acids is 1. The van der Waals surface area contributed by atoms with Crippen LogP contribution in [0.15, 0.2) is 52.0 Å². The van der Waals surface area contributed by atoms with Gasteiger partial charge >= 0.3 is 0 Å². The third kappa shape index (κ3) is 6.28. The molecule has 2 N–H and O–H groups in total. The number of hydrogen-bond acceptors (Lipinski definition) is 5. The fourth-order valence-electron chi connectivity index (χ4n) is 3.02. The van der Waals surface area contributed by atoms with E-state index in [4.69, 9.17) is 14.9 Å². The van der Waals surface area contributed by atoms with E-state index in [1.807, 2.05) is 29.2 Å². The van der Waals surface area contributed by atoms with Crippen LogP contribution in [0, 0.1) is 0 Å². The van der Waals surface area contributed by atoms with Crippen molar-refractivity contribution in [2.45, 2.75) is 36.0 Å². The van der Waals surface area contributed by atoms with Crippen LogP contribution in [-0.4, -0.2) is 43.2 Å². The van der Waals surface area contributed by atoms with E-state index in [-0.39, 0.29) is 24.4 Å². The van der Waals surface area contributed by atoms with Crippen molar-refractivity contribution in [2.24, 2.45) is 5.73 Å². The Morgan fingerprint density at radius 3 is 2.67 bits per heavy atom. The van der Waals surface area contributed by atoms with Crippen molar-refractivity contribution in [2.75, 3.05) is 26.2 Å². The standard InChI is InChI=1S/C20H26N2O3S.ClH/c21-10-4-13-24-17-7-11-22(12-8-17)20(23)19-16(9-14-25-19)15-26-18-5-2-1-3-6-18;/h1-3,5-6,9,14,17H,4,7-8,10-13,15,21H2;1H. The molecule has 0 aliphatic carbocycles. The van der Waals surface area contributed by atoms with Gasteiger partial charge in [0, 0.05) is 35.9 Å². The Morgan fingerprint density at radius 1 is 1.22 bits per heavy atom. The van der Waals surface area contributed by atoms with Gasteiger partial charge in [0.25, 0.3) is 5.91 Å². The molecule has 1 saturated heterocycles. The Morgan fingerprint density at radius 2 is 1.96 bits per heavy atom. The Kier molecular flexibility index (Phi) is 9.21. The third-order valence-electron chi connectivity index (χ3n) is 4.51. The molecule has 1 amide bonds. The lowest BCUT2D eigenvalue weighted by Crippen LogP contribution is -2.41. The first-order chi connectivity index (χ1) is 12.8. The summed E-state index contributed by atoms with van der Waals surface area (Å²) >= 11 is 1.71. The summed E-state index contributed by atoms with van der Waals surface area (Å²) in [5.41, 5.74) is 6.44. The lowest BCUT2D eigenvalue weighted by Gasteiger charge is -2.31. The number of likely N-dealkylation sites (tertiary alicyclic amines) is 1. The van der Waals surface area contributed by atoms with E-state index in [2.05, 4.69) is 12.1 Å². The highest BCUT2D eigenvalue weighted by Gasteiger charge is 2.27. The monoisotopic (exact) mass is 410 g/mol. The van der Waals surface area contributed by atoms with Gasteiger partial charge in [0.2, 0.25) is 0 Å². The summed E-state index contributed by atoms with van der Waals surface area (Å²) in [7, 11) is 0. The first-order valence-electron chi connectivity index (χ1n) is 9.13. The zero-order valence-corrected chi connectivity index (χ0v) is 17.0. The summed E-state index contributed by atoms with van der Waals surface area (Å²) in [6.45, 7) is 2.77. The van der Waals surface area contributed by atoms with Crippen LogP contribution < -0.4 is 5.73 Å². The van der Waals surface area contributed by atoms with Crippen LogP contribution in [-0.2, 0) is 10.5 Å². The first-order valence-corrected chi connectivity index (χ1v) is 10.1. The topological polar surface area (TPSA) is 68.7 Å². The molecular formula is C20H27ClN2O3S. The maximum atomic E-state index is 12.8. The van der Waals surface area contributed by atoms with Crippen LogP contribution in [0.2, 0.25) is 0 Å². The number of hydrogen-bond donors (Lipinski definition) is 1. The molecule has 0 bridgehead atoms. The van der Waals surface area contributed by atoms with Crippen molar-refractivity contribution in [3.05, 3.63) is 54.0 Å². The molecule has 1 fully saturated rings. The summed E-state index contributed by atoms with van der Waals surface area (Å²) in [6, 6.07) is 12.1. The number of piperidine rings is 1. The van der Waals surface area contributed by atoms with Crippen molar-refractivity contribution >= 4 is 30.1 Å². The molecule has 0 radical (unpaired) electrons. The van der Waals surface area contributed by atoms with E-state index in [1.54, 1.807) is 18.0 Å². The quantitative estimate of drug-likeness (QED) is 0.526. The first kappa shape index (κ1) is 21.8. The van der Waals surface area contributed by atoms with E-state index in [1.165, 1.54) is 4.90 Å². The zero-order valence-electron chi connectivity index (χ0n) is 15.3. The van der Waals surface area contributed by atoms with Gasteiger partial charge in [-0.1, -0.05) is 18.2 Å². The SMILES string of the molecule is Cl.NCCCOC1CCN(C(=O)c2occc2CSc2ccccc2)CC1. The van der Waals surface area contributed by atoms with E-state index < -0.39 is 0 Å². The predicted molar refractivity (Wildman–Crippen MR) is 111 cm³/mol. The number of thioether (sulfide) groups is 1. The fraction of sp³-hybridized carbons (Fsp3) is 0.450. The summed E-state index contributed by atoms with van der Waals surface area (Å²) in [5, 5.41) is 0. The number of carbonyl (C=O) groups is 1. The Labute approximate surface area is 171 Å². The minimum Gasteiger partial charge on any atom is -0.459 e. The van der Waals surface area contributed by atoms with Crippen molar-refractivity contribution in [3.63, 3.8) is 0 Å². The van der Waals surface area contributed by atoms with Crippen LogP contribution in [0.25, 0.3) is 0 Å². The molecule has 148 valence electrons. The number of furan rings is 1. The maximum absolute atomic E-state index is 12.8. The molecule has 2 heterocycles. The normalized spacial score (nSPS) is 14.8. The number of rotatable bonds is 8. The van der Waals surface area contributed by atoms with Gasteiger partial charge in [0.15, 0.2) is 5.76 Å². The van der Waals surface area contributed by atoms with Crippen LogP contribution in [0.4, 0.5) is 0 Å². The summed E-state index contributed by atoms with van der Waals surface area (Å²) in [6.07, 6.45) is 4.46. The highest BCUT2D eigenvalue weighted by atomic mass is 35.5. The third-order valence-corrected chi connectivity index (χ3v) is 5.57. The van der Waals surface area contributed by atoms with Crippen molar-refractivity contribution in [1.82, 2.24) is 4.90 Å². The van der Waals surface area contributed by atoms with Gasteiger partial charge in [-0.05, 0) is 44.0 Å². The van der Waals surface area contributed by atoms with Gasteiger partial charge < -0.3 is 19.8 Å². The number of halogens is 1. The van der Waals surface area contributed by atoms with Gasteiger partial charge in [-0.2, -0.15) is 0 Å². The van der Waals surface area contributed by atoms with Gasteiger partial charge in [0.05, 0.1) is 12.4 Å². The number of nitrogens with zero attached hydrogens (tertiary/aromatic N) is 1. The van der Waals surface area contributed by atoms with Gasteiger partial charge in [-0.3, -0.25) is 4.79 Å². The van der Waals surface area contributed by atoms with Crippen molar-refractivity contribution < 1.29 is 13.9 Å². The van der Waals surface area contributed by atoms with E-state index in [9.17, 15) is 4.79 Å². The lowest BCUT2D eigenvalue weighted by molar-refractivity contribution is 0.00761. The predicted octanol–water partition coefficient (Wildman–Crippen LogP) is 3.96. The average molecular weight is 411 g/mol. The minimum absolute atomic E-state index is 0. The van der Waals surface area contributed by atoms with E-state index in [0.717, 1.165) is 30.6 Å². The second-order valence-electron chi connectivity index (χ2n) is 6.38. The molecule has 1 aromatic carbocycles. The van der Waals surface area contributed by atoms with Crippen molar-refractivity contribution in [3.8, 4) is 0 Å². The highest BCUT2D eigenvalue weighted by Crippen LogP contribution is 2.26. The van der Waals surface area contributed by atoms with E-state index >= 15 is 0 Å². The van der Waals surface area contributed by atoms with Crippen LogP contribution >= 0.6 is 24.2 Å². The Bertz CT molecular complexity index is 688. The number of amides is 1. The molecule has 5 nitrogen and oxygen atoms in total. The lowest BCUT2D eigenvalue weighted by atomic mass is 10.1. The summed E-state index contributed by atoms with van der Waals surface area (Å²) in [4.78, 5) is 15.9. The second kappa shape index (κ2) is 11.4. The minimum atomic E-state index is -0.0148. The Hall–Kier alpha value is -1.47. The molecule has 0 spiro atoms. The van der Waals surface area contributed by atoms with Gasteiger partial charge in [-0.25, -0.2) is 0 Å². The van der Waals surface area contributed by atoms with Crippen LogP contribution in [0.3, 0.4) is 0 Å². The molecule has 1 aliphatic heterocycles. The molecule has 0 unspecified atom stereocenters. The number of benzene rings is 1. The second-order valence-corrected chi connectivity index (χ2v) is 7.43. The number of nitrogens with two attached hydrogens (primary N) is 1. The molecule has 2 aromatic rings. The molecular weight excluding hydrogens is 384 g/mol. The summed E-state index contributed by atoms with van der Waals surface area (Å²) in [5.74, 6) is 1.18. The molecule has 3 rings (SSSR count). The highest BCUT2D eigenvalue weighted by molar-refractivity contribution is 7.98. The van der Waals surface area contributed by atoms with Crippen molar-refractivity contribution in [1.29, 1.82) is 0 Å². The van der Waals surface area contributed by atoms with E-state index in [0.29, 0.717) is 32.0 Å². The molecule has 1 aliphatic rings. The molecule has 0 atom stereocenters. The molecule has 7 heteroatoms. The number of ether oxygens (including phenoxy) is 1. The average Bonchev–Trinajstić information content (AvgIpc) is 3.16.